The van der Waals surface area contributed by atoms with E-state index in [2.05, 4.69) is 11.9 Å². The Hall–Kier alpha value is -2.53. The molecule has 1 aromatic carbocycles. The molecule has 2 heterocycles. The van der Waals surface area contributed by atoms with Gasteiger partial charge < -0.3 is 19.4 Å². The molecule has 1 N–H and O–H groups in total. The summed E-state index contributed by atoms with van der Waals surface area (Å²) in [6.45, 7) is 5.05. The molecule has 33 heavy (non-hydrogen) atoms. The van der Waals surface area contributed by atoms with Crippen molar-refractivity contribution >= 4 is 26.8 Å². The normalized spacial score (nSPS) is 15.5. The summed E-state index contributed by atoms with van der Waals surface area (Å²) in [4.78, 5) is 26.1. The number of aromatic nitrogens is 1. The zero-order valence-electron chi connectivity index (χ0n) is 19.1. The highest BCUT2D eigenvalue weighted by Crippen LogP contribution is 2.23. The maximum atomic E-state index is 13.3. The molecule has 9 nitrogen and oxygen atoms in total. The third-order valence-electron chi connectivity index (χ3n) is 5.78. The Labute approximate surface area is 194 Å². The van der Waals surface area contributed by atoms with Crippen molar-refractivity contribution in [3.8, 4) is 0 Å². The molecule has 0 atom stereocenters. The summed E-state index contributed by atoms with van der Waals surface area (Å²) in [6, 6.07) is 4.50. The second-order valence-corrected chi connectivity index (χ2v) is 9.86. The number of fused-ring (bicyclic) bond motifs is 1. The van der Waals surface area contributed by atoms with Gasteiger partial charge in [0.05, 0.1) is 17.0 Å². The van der Waals surface area contributed by atoms with Crippen LogP contribution >= 0.6 is 0 Å². The first-order chi connectivity index (χ1) is 15.8. The molecule has 2 aromatic rings. The number of nitrogens with zero attached hydrogens (tertiary/aromatic N) is 2. The fraction of sp³-hybridized carbons (Fsp3) is 0.478. The summed E-state index contributed by atoms with van der Waals surface area (Å²) >= 11 is 0. The van der Waals surface area contributed by atoms with Gasteiger partial charge in [-0.25, -0.2) is 8.42 Å². The molecule has 1 aromatic heterocycles. The Kier molecular flexibility index (Phi) is 8.41. The van der Waals surface area contributed by atoms with E-state index < -0.39 is 27.6 Å². The second-order valence-electron chi connectivity index (χ2n) is 7.92. The molecule has 0 saturated carbocycles. The highest BCUT2D eigenvalue weighted by Gasteiger charge is 2.26. The maximum Gasteiger partial charge on any atom is 0.256 e. The third kappa shape index (κ3) is 5.52. The molecule has 1 amide bonds. The fourth-order valence-electron chi connectivity index (χ4n) is 3.95. The van der Waals surface area contributed by atoms with Gasteiger partial charge in [-0.05, 0) is 31.0 Å². The van der Waals surface area contributed by atoms with Crippen LogP contribution in [0.5, 0.6) is 0 Å². The monoisotopic (exact) mass is 477 g/mol. The number of amides is 1. The first-order valence-corrected chi connectivity index (χ1v) is 12.4. The SMILES string of the molecule is C=CCn1cc(C(=O)NCC(OC)OC)c(=O)c2cc(S(=O)(=O)N3CCCCCC3)ccc21. The van der Waals surface area contributed by atoms with Crippen LogP contribution in [0.3, 0.4) is 0 Å². The standard InChI is InChI=1S/C23H31N3O6S/c1-4-11-25-16-19(23(28)24-15-21(31-2)32-3)22(27)18-14-17(9-10-20(18)25)33(29,30)26-12-7-5-6-8-13-26/h4,9-10,14,16,21H,1,5-8,11-13,15H2,2-3H3,(H,24,28). The van der Waals surface area contributed by atoms with Crippen molar-refractivity contribution < 1.29 is 22.7 Å². The van der Waals surface area contributed by atoms with Crippen molar-refractivity contribution in [1.82, 2.24) is 14.2 Å². The second kappa shape index (κ2) is 11.1. The third-order valence-corrected chi connectivity index (χ3v) is 7.67. The van der Waals surface area contributed by atoms with Gasteiger partial charge in [-0.15, -0.1) is 6.58 Å². The molecule has 0 bridgehead atoms. The number of nitrogens with one attached hydrogen (secondary N) is 1. The minimum Gasteiger partial charge on any atom is -0.354 e. The molecular weight excluding hydrogens is 446 g/mol. The first-order valence-electron chi connectivity index (χ1n) is 11.0. The van der Waals surface area contributed by atoms with Crippen LogP contribution in [0, 0.1) is 0 Å². The van der Waals surface area contributed by atoms with Crippen molar-refractivity contribution in [3.63, 3.8) is 0 Å². The van der Waals surface area contributed by atoms with Crippen LogP contribution in [0.25, 0.3) is 10.9 Å². The van der Waals surface area contributed by atoms with E-state index in [1.165, 1.54) is 36.9 Å². The van der Waals surface area contributed by atoms with E-state index in [0.717, 1.165) is 25.7 Å². The van der Waals surface area contributed by atoms with Gasteiger partial charge in [0.25, 0.3) is 5.91 Å². The molecule has 0 aliphatic carbocycles. The van der Waals surface area contributed by atoms with Gasteiger partial charge in [-0.2, -0.15) is 4.31 Å². The van der Waals surface area contributed by atoms with Crippen molar-refractivity contribution in [2.75, 3.05) is 33.9 Å². The van der Waals surface area contributed by atoms with Gasteiger partial charge in [0, 0.05) is 45.4 Å². The summed E-state index contributed by atoms with van der Waals surface area (Å²) in [5.74, 6) is -0.598. The average Bonchev–Trinajstić information content (AvgIpc) is 3.11. The van der Waals surface area contributed by atoms with Crippen molar-refractivity contribution in [3.05, 3.63) is 52.8 Å². The number of carbonyl (C=O) groups excluding carboxylic acids is 1. The van der Waals surface area contributed by atoms with Crippen molar-refractivity contribution in [1.29, 1.82) is 0 Å². The van der Waals surface area contributed by atoms with E-state index in [1.54, 1.807) is 16.7 Å². The van der Waals surface area contributed by atoms with E-state index >= 15 is 0 Å². The van der Waals surface area contributed by atoms with Gasteiger partial charge in [0.1, 0.15) is 5.56 Å². The average molecular weight is 478 g/mol. The zero-order chi connectivity index (χ0) is 24.0. The van der Waals surface area contributed by atoms with Crippen LogP contribution in [0.2, 0.25) is 0 Å². The van der Waals surface area contributed by atoms with Crippen LogP contribution in [-0.2, 0) is 26.0 Å². The van der Waals surface area contributed by atoms with E-state index in [-0.39, 0.29) is 22.4 Å². The lowest BCUT2D eigenvalue weighted by Crippen LogP contribution is -2.36. The molecule has 0 spiro atoms. The molecule has 1 saturated heterocycles. The van der Waals surface area contributed by atoms with Crippen LogP contribution < -0.4 is 10.7 Å². The zero-order valence-corrected chi connectivity index (χ0v) is 19.9. The lowest BCUT2D eigenvalue weighted by molar-refractivity contribution is -0.0974. The Morgan fingerprint density at radius 1 is 1.18 bits per heavy atom. The molecule has 1 fully saturated rings. The highest BCUT2D eigenvalue weighted by molar-refractivity contribution is 7.89. The van der Waals surface area contributed by atoms with Gasteiger partial charge in [-0.3, -0.25) is 9.59 Å². The number of methoxy groups -OCH3 is 2. The van der Waals surface area contributed by atoms with Gasteiger partial charge in [0.2, 0.25) is 15.5 Å². The van der Waals surface area contributed by atoms with Crippen molar-refractivity contribution in [2.45, 2.75) is 43.4 Å². The number of carbonyl (C=O) groups is 1. The van der Waals surface area contributed by atoms with Crippen LogP contribution in [0.15, 0.2) is 46.7 Å². The number of benzene rings is 1. The topological polar surface area (TPSA) is 107 Å². The van der Waals surface area contributed by atoms with Crippen molar-refractivity contribution in [2.24, 2.45) is 0 Å². The number of ether oxygens (including phenoxy) is 2. The van der Waals surface area contributed by atoms with E-state index in [1.807, 2.05) is 0 Å². The Morgan fingerprint density at radius 2 is 1.85 bits per heavy atom. The predicted octanol–water partition coefficient (Wildman–Crippen LogP) is 2.10. The summed E-state index contributed by atoms with van der Waals surface area (Å²) in [6.07, 6.45) is 6.07. The molecule has 0 radical (unpaired) electrons. The summed E-state index contributed by atoms with van der Waals surface area (Å²) in [5.41, 5.74) is -0.111. The maximum absolute atomic E-state index is 13.3. The highest BCUT2D eigenvalue weighted by atomic mass is 32.2. The molecule has 0 unspecified atom stereocenters. The van der Waals surface area contributed by atoms with Gasteiger partial charge in [0.15, 0.2) is 6.29 Å². The number of pyridine rings is 1. The van der Waals surface area contributed by atoms with E-state index in [9.17, 15) is 18.0 Å². The molecule has 3 rings (SSSR count). The number of hydrogen-bond acceptors (Lipinski definition) is 6. The number of rotatable bonds is 9. The minimum absolute atomic E-state index is 0.0497. The predicted molar refractivity (Wildman–Crippen MR) is 126 cm³/mol. The van der Waals surface area contributed by atoms with Crippen LogP contribution in [0.1, 0.15) is 36.0 Å². The number of allylic oxidation sites excluding steroid dienone is 1. The van der Waals surface area contributed by atoms with Gasteiger partial charge >= 0.3 is 0 Å². The van der Waals surface area contributed by atoms with E-state index in [0.29, 0.717) is 25.2 Å². The molecule has 1 aliphatic heterocycles. The molecule has 10 heteroatoms. The minimum atomic E-state index is -3.75. The summed E-state index contributed by atoms with van der Waals surface area (Å²) in [7, 11) is -0.860. The number of sulfonamides is 1. The smallest absolute Gasteiger partial charge is 0.256 e. The quantitative estimate of drug-likeness (QED) is 0.438. The van der Waals surface area contributed by atoms with Crippen LogP contribution in [-0.4, -0.2) is 63.3 Å². The molecule has 180 valence electrons. The fourth-order valence-corrected chi connectivity index (χ4v) is 5.50. The lowest BCUT2D eigenvalue weighted by atomic mass is 10.1. The lowest BCUT2D eigenvalue weighted by Gasteiger charge is -2.20. The van der Waals surface area contributed by atoms with E-state index in [4.69, 9.17) is 9.47 Å². The summed E-state index contributed by atoms with van der Waals surface area (Å²) < 4.78 is 39.8. The molecule has 1 aliphatic rings. The Morgan fingerprint density at radius 3 is 2.45 bits per heavy atom. The van der Waals surface area contributed by atoms with Gasteiger partial charge in [-0.1, -0.05) is 18.9 Å². The van der Waals surface area contributed by atoms with Crippen LogP contribution in [0.4, 0.5) is 0 Å². The largest absolute Gasteiger partial charge is 0.354 e. The first kappa shape index (κ1) is 25.1. The summed E-state index contributed by atoms with van der Waals surface area (Å²) in [5, 5.41) is 2.79. The Bertz CT molecular complexity index is 1160. The number of hydrogen-bond donors (Lipinski definition) is 1. The molecular formula is C23H31N3O6S. The Balaban J connectivity index is 2.06.